The highest BCUT2D eigenvalue weighted by Gasteiger charge is 2.42. The van der Waals surface area contributed by atoms with E-state index in [1.807, 2.05) is 19.2 Å². The van der Waals surface area contributed by atoms with Gasteiger partial charge < -0.3 is 29.2 Å². The van der Waals surface area contributed by atoms with Crippen LogP contribution in [0.3, 0.4) is 0 Å². The number of hydrogen-bond acceptors (Lipinski definition) is 5. The predicted octanol–water partition coefficient (Wildman–Crippen LogP) is 1.90. The van der Waals surface area contributed by atoms with E-state index in [9.17, 15) is 0 Å². The van der Waals surface area contributed by atoms with Gasteiger partial charge in [0.05, 0.1) is 27.9 Å². The van der Waals surface area contributed by atoms with Crippen molar-refractivity contribution in [2.75, 3.05) is 54.7 Å². The molecule has 1 N–H and O–H groups in total. The summed E-state index contributed by atoms with van der Waals surface area (Å²) in [4.78, 5) is 6.79. The molecule has 1 aromatic carbocycles. The number of aliphatic imine (C=N–C) groups is 1. The molecule has 7 heteroatoms. The molecule has 0 aliphatic carbocycles. The molecule has 1 aromatic rings. The van der Waals surface area contributed by atoms with E-state index >= 15 is 0 Å². The molecule has 1 unspecified atom stereocenters. The lowest BCUT2D eigenvalue weighted by Gasteiger charge is -2.25. The minimum absolute atomic E-state index is 0.310. The Labute approximate surface area is 155 Å². The molecule has 2 fully saturated rings. The van der Waals surface area contributed by atoms with Gasteiger partial charge in [0.25, 0.3) is 0 Å². The van der Waals surface area contributed by atoms with Crippen molar-refractivity contribution >= 4 is 5.96 Å². The van der Waals surface area contributed by atoms with E-state index in [1.54, 1.807) is 21.3 Å². The highest BCUT2D eigenvalue weighted by atomic mass is 16.5. The molecule has 1 atom stereocenters. The van der Waals surface area contributed by atoms with Gasteiger partial charge in [-0.25, -0.2) is 0 Å². The van der Waals surface area contributed by atoms with Crippen LogP contribution in [0.4, 0.5) is 0 Å². The predicted molar refractivity (Wildman–Crippen MR) is 100 cm³/mol. The van der Waals surface area contributed by atoms with Gasteiger partial charge in [0.2, 0.25) is 5.75 Å². The third kappa shape index (κ3) is 3.67. The summed E-state index contributed by atoms with van der Waals surface area (Å²) in [6.07, 6.45) is 2.31. The van der Waals surface area contributed by atoms with Gasteiger partial charge in [0, 0.05) is 38.7 Å². The van der Waals surface area contributed by atoms with Crippen molar-refractivity contribution in [3.8, 4) is 17.2 Å². The molecule has 144 valence electrons. The molecule has 0 bridgehead atoms. The Morgan fingerprint density at radius 1 is 1.19 bits per heavy atom. The fourth-order valence-corrected chi connectivity index (χ4v) is 3.84. The number of benzene rings is 1. The molecule has 0 aromatic heterocycles. The van der Waals surface area contributed by atoms with Crippen molar-refractivity contribution in [1.82, 2.24) is 10.2 Å². The minimum Gasteiger partial charge on any atom is -0.493 e. The highest BCUT2D eigenvalue weighted by molar-refractivity contribution is 5.80. The molecular formula is C19H29N3O4. The first-order chi connectivity index (χ1) is 12.6. The summed E-state index contributed by atoms with van der Waals surface area (Å²) >= 11 is 0. The molecule has 2 saturated heterocycles. The SMILES string of the molecule is CN=C(NCc1cc(OC)c(OC)c(OC)c1)N1CCC2(CCOC2)C1. The van der Waals surface area contributed by atoms with Crippen LogP contribution in [0.25, 0.3) is 0 Å². The van der Waals surface area contributed by atoms with E-state index in [2.05, 4.69) is 15.2 Å². The van der Waals surface area contributed by atoms with Gasteiger partial charge in [-0.1, -0.05) is 0 Å². The summed E-state index contributed by atoms with van der Waals surface area (Å²) < 4.78 is 21.9. The molecule has 0 amide bonds. The number of likely N-dealkylation sites (tertiary alicyclic amines) is 1. The first-order valence-corrected chi connectivity index (χ1v) is 8.97. The van der Waals surface area contributed by atoms with E-state index < -0.39 is 0 Å². The third-order valence-electron chi connectivity index (χ3n) is 5.31. The maximum atomic E-state index is 5.62. The number of nitrogens with zero attached hydrogens (tertiary/aromatic N) is 2. The van der Waals surface area contributed by atoms with Crippen LogP contribution in [-0.4, -0.2) is 65.5 Å². The van der Waals surface area contributed by atoms with Gasteiger partial charge >= 0.3 is 0 Å². The second-order valence-electron chi connectivity index (χ2n) is 6.91. The molecule has 2 heterocycles. The van der Waals surface area contributed by atoms with Gasteiger partial charge in [0.15, 0.2) is 17.5 Å². The lowest BCUT2D eigenvalue weighted by molar-refractivity contribution is 0.156. The second kappa shape index (κ2) is 8.03. The Morgan fingerprint density at radius 2 is 1.92 bits per heavy atom. The maximum absolute atomic E-state index is 5.62. The molecule has 2 aliphatic heterocycles. The number of rotatable bonds is 5. The summed E-state index contributed by atoms with van der Waals surface area (Å²) in [5.41, 5.74) is 1.35. The van der Waals surface area contributed by atoms with E-state index in [0.717, 1.165) is 50.7 Å². The quantitative estimate of drug-likeness (QED) is 0.637. The average molecular weight is 363 g/mol. The highest BCUT2D eigenvalue weighted by Crippen LogP contribution is 2.39. The van der Waals surface area contributed by atoms with Crippen LogP contribution in [-0.2, 0) is 11.3 Å². The average Bonchev–Trinajstić information content (AvgIpc) is 3.31. The number of hydrogen-bond donors (Lipinski definition) is 1. The van der Waals surface area contributed by atoms with Crippen molar-refractivity contribution in [1.29, 1.82) is 0 Å². The van der Waals surface area contributed by atoms with Gasteiger partial charge in [-0.2, -0.15) is 0 Å². The third-order valence-corrected chi connectivity index (χ3v) is 5.31. The number of guanidine groups is 1. The van der Waals surface area contributed by atoms with Crippen molar-refractivity contribution in [3.05, 3.63) is 17.7 Å². The zero-order chi connectivity index (χ0) is 18.6. The van der Waals surface area contributed by atoms with Crippen LogP contribution in [0, 0.1) is 5.41 Å². The molecule has 0 radical (unpaired) electrons. The van der Waals surface area contributed by atoms with Crippen molar-refractivity contribution in [2.24, 2.45) is 10.4 Å². The van der Waals surface area contributed by atoms with E-state index in [-0.39, 0.29) is 0 Å². The molecule has 2 aliphatic rings. The topological polar surface area (TPSA) is 64.6 Å². The zero-order valence-corrected chi connectivity index (χ0v) is 16.1. The summed E-state index contributed by atoms with van der Waals surface area (Å²) in [7, 11) is 6.69. The molecule has 1 spiro atoms. The Kier molecular flexibility index (Phi) is 5.76. The lowest BCUT2D eigenvalue weighted by Crippen LogP contribution is -2.41. The first-order valence-electron chi connectivity index (χ1n) is 8.97. The smallest absolute Gasteiger partial charge is 0.203 e. The standard InChI is InChI=1S/C19H29N3O4/c1-20-18(22-7-5-19(12-22)6-8-26-13-19)21-11-14-9-15(23-2)17(25-4)16(10-14)24-3/h9-10H,5-8,11-13H2,1-4H3,(H,20,21). The summed E-state index contributed by atoms with van der Waals surface area (Å²) in [5.74, 6) is 2.83. The maximum Gasteiger partial charge on any atom is 0.203 e. The van der Waals surface area contributed by atoms with Gasteiger partial charge in [-0.15, -0.1) is 0 Å². The van der Waals surface area contributed by atoms with Crippen LogP contribution in [0.15, 0.2) is 17.1 Å². The number of ether oxygens (including phenoxy) is 4. The molecule has 0 saturated carbocycles. The van der Waals surface area contributed by atoms with Crippen LogP contribution in [0.5, 0.6) is 17.2 Å². The fourth-order valence-electron chi connectivity index (χ4n) is 3.84. The van der Waals surface area contributed by atoms with Gasteiger partial charge in [0.1, 0.15) is 0 Å². The second-order valence-corrected chi connectivity index (χ2v) is 6.91. The van der Waals surface area contributed by atoms with Crippen LogP contribution in [0.2, 0.25) is 0 Å². The van der Waals surface area contributed by atoms with Crippen LogP contribution < -0.4 is 19.5 Å². The first kappa shape index (κ1) is 18.6. The van der Waals surface area contributed by atoms with Crippen LogP contribution >= 0.6 is 0 Å². The molecular weight excluding hydrogens is 334 g/mol. The fraction of sp³-hybridized carbons (Fsp3) is 0.632. The minimum atomic E-state index is 0.310. The van der Waals surface area contributed by atoms with Crippen LogP contribution in [0.1, 0.15) is 18.4 Å². The number of nitrogens with one attached hydrogen (secondary N) is 1. The van der Waals surface area contributed by atoms with E-state index in [1.165, 1.54) is 0 Å². The normalized spacial score (nSPS) is 22.8. The van der Waals surface area contributed by atoms with E-state index in [0.29, 0.717) is 29.2 Å². The van der Waals surface area contributed by atoms with Crippen molar-refractivity contribution < 1.29 is 18.9 Å². The Hall–Kier alpha value is -2.15. The molecule has 3 rings (SSSR count). The Morgan fingerprint density at radius 3 is 2.46 bits per heavy atom. The van der Waals surface area contributed by atoms with E-state index in [4.69, 9.17) is 18.9 Å². The summed E-state index contributed by atoms with van der Waals surface area (Å²) in [6.45, 7) is 4.39. The number of methoxy groups -OCH3 is 3. The van der Waals surface area contributed by atoms with Gasteiger partial charge in [-0.05, 0) is 30.5 Å². The molecule has 7 nitrogen and oxygen atoms in total. The monoisotopic (exact) mass is 363 g/mol. The summed E-state index contributed by atoms with van der Waals surface area (Å²) in [5, 5.41) is 3.46. The largest absolute Gasteiger partial charge is 0.493 e. The summed E-state index contributed by atoms with van der Waals surface area (Å²) in [6, 6.07) is 3.91. The molecule has 26 heavy (non-hydrogen) atoms. The lowest BCUT2D eigenvalue weighted by atomic mass is 9.87. The zero-order valence-electron chi connectivity index (χ0n) is 16.1. The Balaban J connectivity index is 1.67. The Bertz CT molecular complexity index is 631. The van der Waals surface area contributed by atoms with Gasteiger partial charge in [-0.3, -0.25) is 4.99 Å². The van der Waals surface area contributed by atoms with Crippen molar-refractivity contribution in [2.45, 2.75) is 19.4 Å². The van der Waals surface area contributed by atoms with Crippen molar-refractivity contribution in [3.63, 3.8) is 0 Å².